The minimum atomic E-state index is -1.07. The van der Waals surface area contributed by atoms with E-state index in [1.54, 1.807) is 32.3 Å². The van der Waals surface area contributed by atoms with E-state index in [0.29, 0.717) is 42.3 Å². The number of hydrogen-bond donors (Lipinski definition) is 0. The third kappa shape index (κ3) is 6.22. The lowest BCUT2D eigenvalue weighted by Crippen LogP contribution is -2.36. The van der Waals surface area contributed by atoms with E-state index in [0.717, 1.165) is 37.2 Å². The van der Waals surface area contributed by atoms with Crippen LogP contribution in [0.5, 0.6) is 23.0 Å². The fraction of sp³-hybridized carbons (Fsp3) is 0.500. The molecule has 9 heteroatoms. The van der Waals surface area contributed by atoms with Gasteiger partial charge in [-0.2, -0.15) is 0 Å². The molecule has 0 spiro atoms. The van der Waals surface area contributed by atoms with Crippen LogP contribution in [0, 0.1) is 4.91 Å². The number of benzene rings is 2. The maximum absolute atomic E-state index is 13.1. The molecule has 0 aromatic heterocycles. The van der Waals surface area contributed by atoms with Gasteiger partial charge in [-0.1, -0.05) is 11.2 Å². The number of amides is 1. The number of nitroso groups, excluding NO2 is 1. The van der Waals surface area contributed by atoms with Gasteiger partial charge < -0.3 is 28.7 Å². The van der Waals surface area contributed by atoms with Crippen molar-refractivity contribution in [3.63, 3.8) is 0 Å². The smallest absolute Gasteiger partial charge is 0.255 e. The van der Waals surface area contributed by atoms with Crippen LogP contribution in [0.25, 0.3) is 0 Å². The average Bonchev–Trinajstić information content (AvgIpc) is 3.01. The molecular formula is C26H35N3O6. The Labute approximate surface area is 206 Å². The number of fused-ring (bicyclic) bond motifs is 1. The van der Waals surface area contributed by atoms with Crippen molar-refractivity contribution in [1.82, 2.24) is 9.80 Å². The van der Waals surface area contributed by atoms with Gasteiger partial charge in [0.05, 0.1) is 28.4 Å². The van der Waals surface area contributed by atoms with Crippen LogP contribution in [0.3, 0.4) is 0 Å². The van der Waals surface area contributed by atoms with Crippen LogP contribution in [-0.4, -0.2) is 77.4 Å². The van der Waals surface area contributed by atoms with E-state index < -0.39 is 6.04 Å². The van der Waals surface area contributed by atoms with Crippen molar-refractivity contribution in [1.29, 1.82) is 0 Å². The van der Waals surface area contributed by atoms with E-state index in [-0.39, 0.29) is 5.91 Å². The lowest BCUT2D eigenvalue weighted by Gasteiger charge is -2.24. The van der Waals surface area contributed by atoms with E-state index >= 15 is 0 Å². The highest BCUT2D eigenvalue weighted by Crippen LogP contribution is 2.37. The Bertz CT molecular complexity index is 1030. The summed E-state index contributed by atoms with van der Waals surface area (Å²) in [6.07, 6.45) is 2.29. The Kier molecular flexibility index (Phi) is 9.31. The molecule has 2 aromatic carbocycles. The van der Waals surface area contributed by atoms with Crippen molar-refractivity contribution < 1.29 is 23.7 Å². The van der Waals surface area contributed by atoms with Gasteiger partial charge in [0, 0.05) is 19.6 Å². The Morgan fingerprint density at radius 2 is 1.60 bits per heavy atom. The van der Waals surface area contributed by atoms with Crippen LogP contribution in [0.1, 0.15) is 29.2 Å². The molecule has 0 fully saturated rings. The maximum Gasteiger partial charge on any atom is 0.255 e. The largest absolute Gasteiger partial charge is 0.493 e. The summed E-state index contributed by atoms with van der Waals surface area (Å²) in [6, 6.07) is 8.42. The SMILES string of the molecule is COc1ccc(CCN(C)CCCN2CCc3cc(OC)c(OC)cc3C(N=O)C2=O)cc1OC. The number of ether oxygens (including phenoxy) is 4. The predicted octanol–water partition coefficient (Wildman–Crippen LogP) is 3.48. The third-order valence-electron chi connectivity index (χ3n) is 6.44. The zero-order valence-corrected chi connectivity index (χ0v) is 21.2. The van der Waals surface area contributed by atoms with Crippen molar-refractivity contribution in [3.8, 4) is 23.0 Å². The Morgan fingerprint density at radius 1 is 0.943 bits per heavy atom. The van der Waals surface area contributed by atoms with Crippen LogP contribution in [-0.2, 0) is 17.6 Å². The summed E-state index contributed by atoms with van der Waals surface area (Å²) in [6.45, 7) is 2.79. The fourth-order valence-corrected chi connectivity index (χ4v) is 4.40. The Hall–Kier alpha value is -3.33. The highest BCUT2D eigenvalue weighted by Gasteiger charge is 2.33. The zero-order valence-electron chi connectivity index (χ0n) is 21.2. The molecule has 1 aliphatic heterocycles. The first-order valence-corrected chi connectivity index (χ1v) is 11.7. The van der Waals surface area contributed by atoms with E-state index in [9.17, 15) is 9.70 Å². The van der Waals surface area contributed by atoms with Gasteiger partial charge in [0.15, 0.2) is 29.0 Å². The molecule has 1 atom stereocenters. The molecule has 0 bridgehead atoms. The number of likely N-dealkylation sites (N-methyl/N-ethyl adjacent to an activating group) is 1. The minimum Gasteiger partial charge on any atom is -0.493 e. The highest BCUT2D eigenvalue weighted by molar-refractivity contribution is 5.85. The summed E-state index contributed by atoms with van der Waals surface area (Å²) in [7, 11) is 8.42. The third-order valence-corrected chi connectivity index (χ3v) is 6.44. The van der Waals surface area contributed by atoms with Gasteiger partial charge in [-0.3, -0.25) is 4.79 Å². The van der Waals surface area contributed by atoms with Crippen LogP contribution in [0.2, 0.25) is 0 Å². The molecule has 2 aromatic rings. The van der Waals surface area contributed by atoms with E-state index in [1.807, 2.05) is 24.3 Å². The van der Waals surface area contributed by atoms with E-state index in [2.05, 4.69) is 17.1 Å². The first-order valence-electron chi connectivity index (χ1n) is 11.7. The number of carbonyl (C=O) groups is 1. The second-order valence-corrected chi connectivity index (χ2v) is 8.59. The summed E-state index contributed by atoms with van der Waals surface area (Å²) in [5.41, 5.74) is 2.65. The number of rotatable bonds is 12. The highest BCUT2D eigenvalue weighted by atomic mass is 16.5. The molecule has 0 radical (unpaired) electrons. The van der Waals surface area contributed by atoms with Gasteiger partial charge in [0.2, 0.25) is 0 Å². The second kappa shape index (κ2) is 12.4. The Morgan fingerprint density at radius 3 is 2.26 bits per heavy atom. The standard InChI is InChI=1S/C26H35N3O6/c1-28(13-9-18-7-8-21(32-2)22(15-18)33-3)11-6-12-29-14-10-19-16-23(34-4)24(35-5)17-20(19)25(27-31)26(29)30/h7-8,15-17,25H,6,9-14H2,1-5H3. The van der Waals surface area contributed by atoms with Crippen molar-refractivity contribution in [2.75, 3.05) is 61.7 Å². The lowest BCUT2D eigenvalue weighted by molar-refractivity contribution is -0.132. The molecular weight excluding hydrogens is 450 g/mol. The molecule has 0 saturated heterocycles. The quantitative estimate of drug-likeness (QED) is 0.425. The monoisotopic (exact) mass is 485 g/mol. The van der Waals surface area contributed by atoms with Gasteiger partial charge >= 0.3 is 0 Å². The van der Waals surface area contributed by atoms with Crippen LogP contribution in [0.15, 0.2) is 35.5 Å². The summed E-state index contributed by atoms with van der Waals surface area (Å²) in [5.74, 6) is 2.24. The molecule has 1 amide bonds. The van der Waals surface area contributed by atoms with Crippen LogP contribution in [0.4, 0.5) is 0 Å². The average molecular weight is 486 g/mol. The number of methoxy groups -OCH3 is 4. The maximum atomic E-state index is 13.1. The molecule has 1 aliphatic rings. The molecule has 1 unspecified atom stereocenters. The summed E-state index contributed by atoms with van der Waals surface area (Å²) >= 11 is 0. The molecule has 3 rings (SSSR count). The molecule has 1 heterocycles. The van der Waals surface area contributed by atoms with Crippen molar-refractivity contribution in [2.45, 2.75) is 25.3 Å². The zero-order chi connectivity index (χ0) is 25.4. The minimum absolute atomic E-state index is 0.265. The molecule has 35 heavy (non-hydrogen) atoms. The summed E-state index contributed by atoms with van der Waals surface area (Å²) in [4.78, 5) is 28.8. The lowest BCUT2D eigenvalue weighted by atomic mass is 9.98. The van der Waals surface area contributed by atoms with Gasteiger partial charge in [0.1, 0.15) is 0 Å². The molecule has 9 nitrogen and oxygen atoms in total. The fourth-order valence-electron chi connectivity index (χ4n) is 4.40. The number of hydrogen-bond acceptors (Lipinski definition) is 8. The van der Waals surface area contributed by atoms with Gasteiger partial charge in [-0.25, -0.2) is 0 Å². The topological polar surface area (TPSA) is 89.9 Å². The normalized spacial score (nSPS) is 15.4. The van der Waals surface area contributed by atoms with Crippen LogP contribution < -0.4 is 18.9 Å². The first kappa shape index (κ1) is 26.3. The van der Waals surface area contributed by atoms with E-state index in [4.69, 9.17) is 18.9 Å². The van der Waals surface area contributed by atoms with Gasteiger partial charge in [0.25, 0.3) is 5.91 Å². The van der Waals surface area contributed by atoms with Crippen LogP contribution >= 0.6 is 0 Å². The number of nitrogens with zero attached hydrogens (tertiary/aromatic N) is 3. The number of carbonyl (C=O) groups excluding carboxylic acids is 1. The molecule has 0 aliphatic carbocycles. The van der Waals surface area contributed by atoms with E-state index in [1.165, 1.54) is 12.7 Å². The first-order chi connectivity index (χ1) is 16.9. The molecule has 190 valence electrons. The second-order valence-electron chi connectivity index (χ2n) is 8.59. The molecule has 0 saturated carbocycles. The van der Waals surface area contributed by atoms with Gasteiger partial charge in [-0.15, -0.1) is 4.91 Å². The Balaban J connectivity index is 1.56. The van der Waals surface area contributed by atoms with Gasteiger partial charge in [-0.05, 0) is 73.8 Å². The molecule has 0 N–H and O–H groups in total. The van der Waals surface area contributed by atoms with Crippen molar-refractivity contribution in [2.24, 2.45) is 5.18 Å². The van der Waals surface area contributed by atoms with Crippen molar-refractivity contribution in [3.05, 3.63) is 51.9 Å². The predicted molar refractivity (Wildman–Crippen MR) is 134 cm³/mol. The van der Waals surface area contributed by atoms with Crippen molar-refractivity contribution >= 4 is 5.91 Å². The summed E-state index contributed by atoms with van der Waals surface area (Å²) < 4.78 is 21.4. The summed E-state index contributed by atoms with van der Waals surface area (Å²) in [5, 5.41) is 3.18.